The fourth-order valence-electron chi connectivity index (χ4n) is 1.75. The van der Waals surface area contributed by atoms with Crippen LogP contribution in [0.1, 0.15) is 0 Å². The number of aromatic nitrogens is 3. The van der Waals surface area contributed by atoms with Crippen LogP contribution in [-0.4, -0.2) is 27.4 Å². The maximum absolute atomic E-state index is 11.8. The highest BCUT2D eigenvalue weighted by Crippen LogP contribution is 2.03. The molecule has 7 heteroatoms. The summed E-state index contributed by atoms with van der Waals surface area (Å²) < 4.78 is 2.16. The molecule has 0 aliphatic heterocycles. The van der Waals surface area contributed by atoms with Crippen molar-refractivity contribution in [1.82, 2.24) is 14.3 Å². The molecule has 0 saturated heterocycles. The third-order valence-electron chi connectivity index (χ3n) is 2.84. The fraction of sp³-hybridized carbons (Fsp3) is 0.308. The van der Waals surface area contributed by atoms with Gasteiger partial charge in [-0.3, -0.25) is 9.36 Å². The summed E-state index contributed by atoms with van der Waals surface area (Å²) in [5.41, 5.74) is 0.145. The van der Waals surface area contributed by atoms with Gasteiger partial charge in [-0.05, 0) is 12.1 Å². The van der Waals surface area contributed by atoms with Gasteiger partial charge >= 0.3 is 5.69 Å². The summed E-state index contributed by atoms with van der Waals surface area (Å²) in [7, 11) is 2.94. The Morgan fingerprint density at radius 1 is 1.05 bits per heavy atom. The number of para-hydroxylation sites is 1. The van der Waals surface area contributed by atoms with E-state index in [0.717, 1.165) is 14.9 Å². The van der Waals surface area contributed by atoms with Crippen LogP contribution in [0.3, 0.4) is 0 Å². The van der Waals surface area contributed by atoms with E-state index in [1.54, 1.807) is 0 Å². The summed E-state index contributed by atoms with van der Waals surface area (Å²) in [6, 6.07) is 9.76. The smallest absolute Gasteiger partial charge is 0.346 e. The second-order valence-corrected chi connectivity index (χ2v) is 4.34. The molecule has 0 atom stereocenters. The summed E-state index contributed by atoms with van der Waals surface area (Å²) >= 11 is 0. The molecule has 20 heavy (non-hydrogen) atoms. The maximum Gasteiger partial charge on any atom is 0.346 e. The molecule has 0 radical (unpaired) electrons. The summed E-state index contributed by atoms with van der Waals surface area (Å²) in [5.74, 6) is 0.171. The van der Waals surface area contributed by atoms with E-state index in [4.69, 9.17) is 0 Å². The molecule has 7 nitrogen and oxygen atoms in total. The van der Waals surface area contributed by atoms with Gasteiger partial charge in [0.1, 0.15) is 0 Å². The molecule has 1 heterocycles. The first-order chi connectivity index (χ1) is 9.59. The van der Waals surface area contributed by atoms with Gasteiger partial charge in [0, 0.05) is 32.9 Å². The average Bonchev–Trinajstić information content (AvgIpc) is 2.47. The van der Waals surface area contributed by atoms with Crippen molar-refractivity contribution in [2.45, 2.75) is 0 Å². The molecular weight excluding hydrogens is 258 g/mol. The molecule has 106 valence electrons. The Hall–Kier alpha value is -2.57. The van der Waals surface area contributed by atoms with Gasteiger partial charge in [0.2, 0.25) is 5.82 Å². The van der Waals surface area contributed by atoms with Crippen molar-refractivity contribution in [3.63, 3.8) is 0 Å². The molecule has 0 aliphatic rings. The molecule has 0 aliphatic carbocycles. The maximum atomic E-state index is 11.8. The van der Waals surface area contributed by atoms with Crippen LogP contribution < -0.4 is 21.9 Å². The Morgan fingerprint density at radius 2 is 1.70 bits per heavy atom. The zero-order valence-corrected chi connectivity index (χ0v) is 11.5. The summed E-state index contributed by atoms with van der Waals surface area (Å²) in [5, 5.41) is 10.0. The van der Waals surface area contributed by atoms with E-state index < -0.39 is 11.2 Å². The molecule has 0 bridgehead atoms. The number of benzene rings is 1. The molecule has 2 N–H and O–H groups in total. The minimum absolute atomic E-state index is 0.171. The van der Waals surface area contributed by atoms with Crippen LogP contribution in [0.15, 0.2) is 39.9 Å². The number of nitrogens with one attached hydrogen (secondary N) is 2. The lowest BCUT2D eigenvalue weighted by Gasteiger charge is -2.09. The number of hydrogen-bond donors (Lipinski definition) is 2. The number of nitrogens with zero attached hydrogens (tertiary/aromatic N) is 3. The van der Waals surface area contributed by atoms with Crippen molar-refractivity contribution in [3.05, 3.63) is 51.2 Å². The van der Waals surface area contributed by atoms with Crippen LogP contribution in [-0.2, 0) is 14.1 Å². The Labute approximate surface area is 115 Å². The fourth-order valence-corrected chi connectivity index (χ4v) is 1.75. The van der Waals surface area contributed by atoms with Crippen LogP contribution in [0.4, 0.5) is 11.5 Å². The second-order valence-electron chi connectivity index (χ2n) is 4.34. The van der Waals surface area contributed by atoms with Crippen molar-refractivity contribution in [2.24, 2.45) is 14.1 Å². The summed E-state index contributed by atoms with van der Waals surface area (Å²) in [4.78, 5) is 23.3. The van der Waals surface area contributed by atoms with Gasteiger partial charge in [0.05, 0.1) is 0 Å². The van der Waals surface area contributed by atoms with Gasteiger partial charge in [0.15, 0.2) is 0 Å². The minimum Gasteiger partial charge on any atom is -0.383 e. The number of aryl methyl sites for hydroxylation is 1. The summed E-state index contributed by atoms with van der Waals surface area (Å²) in [6.07, 6.45) is 0. The molecule has 1 aromatic heterocycles. The van der Waals surface area contributed by atoms with Crippen LogP contribution in [0.2, 0.25) is 0 Å². The quantitative estimate of drug-likeness (QED) is 0.751. The Kier molecular flexibility index (Phi) is 4.19. The molecule has 0 saturated carbocycles. The molecule has 0 amide bonds. The van der Waals surface area contributed by atoms with E-state index in [-0.39, 0.29) is 5.82 Å². The van der Waals surface area contributed by atoms with Crippen molar-refractivity contribution in [1.29, 1.82) is 0 Å². The molecule has 1 aromatic carbocycles. The molecule has 2 rings (SSSR count). The SMILES string of the molecule is Cn1nc(NCCNc2ccccc2)c(=O)n(C)c1=O. The highest BCUT2D eigenvalue weighted by atomic mass is 16.2. The van der Waals surface area contributed by atoms with Gasteiger partial charge in [-0.25, -0.2) is 9.48 Å². The second kappa shape index (κ2) is 6.05. The first kappa shape index (κ1) is 13.9. The molecular formula is C13H17N5O2. The van der Waals surface area contributed by atoms with Crippen molar-refractivity contribution in [2.75, 3.05) is 23.7 Å². The Morgan fingerprint density at radius 3 is 2.40 bits per heavy atom. The van der Waals surface area contributed by atoms with Crippen molar-refractivity contribution in [3.8, 4) is 0 Å². The van der Waals surface area contributed by atoms with Gasteiger partial charge in [0.25, 0.3) is 5.56 Å². The number of hydrogen-bond acceptors (Lipinski definition) is 5. The Bertz CT molecular complexity index is 690. The standard InChI is InChI=1S/C13H17N5O2/c1-17-12(19)11(16-18(2)13(17)20)15-9-8-14-10-6-4-3-5-7-10/h3-7,14H,8-9H2,1-2H3,(H,15,16). The van der Waals surface area contributed by atoms with E-state index in [9.17, 15) is 9.59 Å². The lowest BCUT2D eigenvalue weighted by molar-refractivity contribution is 0.604. The van der Waals surface area contributed by atoms with Crippen molar-refractivity contribution < 1.29 is 0 Å². The highest BCUT2D eigenvalue weighted by Gasteiger charge is 2.07. The zero-order valence-electron chi connectivity index (χ0n) is 11.5. The van der Waals surface area contributed by atoms with Gasteiger partial charge in [-0.15, -0.1) is 5.10 Å². The van der Waals surface area contributed by atoms with Crippen LogP contribution in [0.5, 0.6) is 0 Å². The topological polar surface area (TPSA) is 81.0 Å². The van der Waals surface area contributed by atoms with Crippen molar-refractivity contribution >= 4 is 11.5 Å². The van der Waals surface area contributed by atoms with Crippen LogP contribution in [0, 0.1) is 0 Å². The molecule has 0 spiro atoms. The largest absolute Gasteiger partial charge is 0.383 e. The lowest BCUT2D eigenvalue weighted by Crippen LogP contribution is -2.40. The molecule has 0 fully saturated rings. The first-order valence-electron chi connectivity index (χ1n) is 6.26. The lowest BCUT2D eigenvalue weighted by atomic mass is 10.3. The highest BCUT2D eigenvalue weighted by molar-refractivity contribution is 5.42. The van der Waals surface area contributed by atoms with Crippen LogP contribution >= 0.6 is 0 Å². The van der Waals surface area contributed by atoms with Gasteiger partial charge < -0.3 is 10.6 Å². The van der Waals surface area contributed by atoms with E-state index >= 15 is 0 Å². The summed E-state index contributed by atoms with van der Waals surface area (Å²) in [6.45, 7) is 1.16. The van der Waals surface area contributed by atoms with Gasteiger partial charge in [-0.1, -0.05) is 18.2 Å². The Balaban J connectivity index is 1.95. The predicted octanol–water partition coefficient (Wildman–Crippen LogP) is 0.00300. The minimum atomic E-state index is -0.442. The third-order valence-corrected chi connectivity index (χ3v) is 2.84. The van der Waals surface area contributed by atoms with Crippen LogP contribution in [0.25, 0.3) is 0 Å². The zero-order chi connectivity index (χ0) is 14.5. The third kappa shape index (κ3) is 3.05. The van der Waals surface area contributed by atoms with E-state index in [0.29, 0.717) is 13.1 Å². The number of rotatable bonds is 5. The monoisotopic (exact) mass is 275 g/mol. The van der Waals surface area contributed by atoms with Gasteiger partial charge in [-0.2, -0.15) is 0 Å². The normalized spacial score (nSPS) is 10.3. The predicted molar refractivity (Wildman–Crippen MR) is 78.1 cm³/mol. The van der Waals surface area contributed by atoms with E-state index in [2.05, 4.69) is 15.7 Å². The first-order valence-corrected chi connectivity index (χ1v) is 6.26. The van der Waals surface area contributed by atoms with E-state index in [1.165, 1.54) is 14.1 Å². The molecule has 2 aromatic rings. The number of anilines is 2. The molecule has 0 unspecified atom stereocenters. The van der Waals surface area contributed by atoms with E-state index in [1.807, 2.05) is 30.3 Å². The average molecular weight is 275 g/mol.